The lowest BCUT2D eigenvalue weighted by atomic mass is 9.93. The number of carbonyl (C=O) groups is 1. The van der Waals surface area contributed by atoms with E-state index in [1.165, 1.54) is 19.3 Å². The average Bonchev–Trinajstić information content (AvgIpc) is 2.89. The number of hydrogen-bond acceptors (Lipinski definition) is 3. The van der Waals surface area contributed by atoms with Crippen molar-refractivity contribution in [1.29, 1.82) is 0 Å². The van der Waals surface area contributed by atoms with Crippen molar-refractivity contribution in [2.45, 2.75) is 63.3 Å². The molecule has 2 aliphatic carbocycles. The van der Waals surface area contributed by atoms with Crippen LogP contribution in [0.2, 0.25) is 0 Å². The second-order valence-electron chi connectivity index (χ2n) is 6.25. The fraction of sp³-hybridized carbons (Fsp3) is 0.812. The Bertz CT molecular complexity index is 374. The summed E-state index contributed by atoms with van der Waals surface area (Å²) in [4.78, 5) is 12.1. The van der Waals surface area contributed by atoms with Gasteiger partial charge < -0.3 is 14.8 Å². The van der Waals surface area contributed by atoms with Crippen LogP contribution in [0.15, 0.2) is 12.2 Å². The molecule has 20 heavy (non-hydrogen) atoms. The van der Waals surface area contributed by atoms with Gasteiger partial charge >= 0.3 is 0 Å². The third kappa shape index (κ3) is 3.23. The van der Waals surface area contributed by atoms with E-state index in [1.54, 1.807) is 0 Å². The molecule has 3 aliphatic rings. The summed E-state index contributed by atoms with van der Waals surface area (Å²) in [5.74, 6) is -0.0187. The highest BCUT2D eigenvalue weighted by molar-refractivity contribution is 5.79. The molecule has 4 heteroatoms. The molecule has 2 fully saturated rings. The summed E-state index contributed by atoms with van der Waals surface area (Å²) in [7, 11) is 0. The minimum atomic E-state index is -0.332. The van der Waals surface area contributed by atoms with Crippen LogP contribution in [0.5, 0.6) is 0 Å². The number of ether oxygens (including phenoxy) is 2. The van der Waals surface area contributed by atoms with E-state index < -0.39 is 0 Å². The van der Waals surface area contributed by atoms with E-state index in [9.17, 15) is 4.79 Å². The molecule has 1 spiro atoms. The van der Waals surface area contributed by atoms with Crippen molar-refractivity contribution in [2.75, 3.05) is 13.2 Å². The van der Waals surface area contributed by atoms with Gasteiger partial charge in [0.15, 0.2) is 5.79 Å². The van der Waals surface area contributed by atoms with Crippen LogP contribution in [-0.2, 0) is 14.3 Å². The van der Waals surface area contributed by atoms with Crippen LogP contribution < -0.4 is 5.32 Å². The number of rotatable bonds is 3. The van der Waals surface area contributed by atoms with Gasteiger partial charge in [-0.3, -0.25) is 4.79 Å². The fourth-order valence-corrected chi connectivity index (χ4v) is 3.46. The first-order chi connectivity index (χ1) is 9.77. The Balaban J connectivity index is 1.43. The van der Waals surface area contributed by atoms with Crippen molar-refractivity contribution < 1.29 is 14.3 Å². The van der Waals surface area contributed by atoms with E-state index in [-0.39, 0.29) is 23.7 Å². The quantitative estimate of drug-likeness (QED) is 0.808. The highest BCUT2D eigenvalue weighted by atomic mass is 16.7. The summed E-state index contributed by atoms with van der Waals surface area (Å²) >= 11 is 0. The first-order valence-corrected chi connectivity index (χ1v) is 8.02. The lowest BCUT2D eigenvalue weighted by molar-refractivity contribution is -0.186. The van der Waals surface area contributed by atoms with Crippen molar-refractivity contribution in [2.24, 2.45) is 5.92 Å². The Labute approximate surface area is 120 Å². The van der Waals surface area contributed by atoms with Crippen molar-refractivity contribution in [1.82, 2.24) is 5.32 Å². The van der Waals surface area contributed by atoms with E-state index >= 15 is 0 Å². The smallest absolute Gasteiger partial charge is 0.223 e. The van der Waals surface area contributed by atoms with Gasteiger partial charge in [0, 0.05) is 25.3 Å². The van der Waals surface area contributed by atoms with Crippen molar-refractivity contribution >= 4 is 5.91 Å². The number of hydrogen-bond donors (Lipinski definition) is 1. The standard InChI is InChI=1S/C16H25NO3/c18-15(13-7-3-1-4-8-13)17-11-14-12-19-16(20-14)9-5-2-6-10-16/h1,3,13-14H,2,4-12H2,(H,17,18). The van der Waals surface area contributed by atoms with Gasteiger partial charge in [0.1, 0.15) is 6.10 Å². The van der Waals surface area contributed by atoms with Crippen LogP contribution in [0.1, 0.15) is 51.4 Å². The molecule has 112 valence electrons. The molecular weight excluding hydrogens is 254 g/mol. The topological polar surface area (TPSA) is 47.6 Å². The zero-order valence-corrected chi connectivity index (χ0v) is 12.1. The lowest BCUT2D eigenvalue weighted by Crippen LogP contribution is -2.39. The second-order valence-corrected chi connectivity index (χ2v) is 6.25. The lowest BCUT2D eigenvalue weighted by Gasteiger charge is -2.31. The Kier molecular flexibility index (Phi) is 4.41. The van der Waals surface area contributed by atoms with Crippen LogP contribution in [0.25, 0.3) is 0 Å². The highest BCUT2D eigenvalue weighted by Gasteiger charge is 2.42. The van der Waals surface area contributed by atoms with Gasteiger partial charge in [0.05, 0.1) is 6.61 Å². The Hall–Kier alpha value is -0.870. The molecule has 2 atom stereocenters. The van der Waals surface area contributed by atoms with Crippen LogP contribution in [-0.4, -0.2) is 30.9 Å². The van der Waals surface area contributed by atoms with Gasteiger partial charge in [0.25, 0.3) is 0 Å². The van der Waals surface area contributed by atoms with E-state index in [4.69, 9.17) is 9.47 Å². The number of nitrogens with one attached hydrogen (secondary N) is 1. The monoisotopic (exact) mass is 279 g/mol. The second kappa shape index (κ2) is 6.27. The summed E-state index contributed by atoms with van der Waals surface area (Å²) in [5.41, 5.74) is 0. The maximum Gasteiger partial charge on any atom is 0.223 e. The Morgan fingerprint density at radius 2 is 2.10 bits per heavy atom. The molecule has 1 saturated heterocycles. The van der Waals surface area contributed by atoms with Crippen molar-refractivity contribution in [3.8, 4) is 0 Å². The molecule has 1 N–H and O–H groups in total. The highest BCUT2D eigenvalue weighted by Crippen LogP contribution is 2.37. The minimum Gasteiger partial charge on any atom is -0.353 e. The number of allylic oxidation sites excluding steroid dienone is 2. The number of amides is 1. The van der Waals surface area contributed by atoms with Gasteiger partial charge in [-0.1, -0.05) is 18.6 Å². The SMILES string of the molecule is O=C(NCC1COC2(CCCCC2)O1)C1CC=CCC1. The summed E-state index contributed by atoms with van der Waals surface area (Å²) < 4.78 is 12.0. The molecule has 0 radical (unpaired) electrons. The molecule has 1 saturated carbocycles. The maximum absolute atomic E-state index is 12.1. The average molecular weight is 279 g/mol. The van der Waals surface area contributed by atoms with Crippen molar-refractivity contribution in [3.05, 3.63) is 12.2 Å². The van der Waals surface area contributed by atoms with E-state index in [0.717, 1.165) is 32.1 Å². The maximum atomic E-state index is 12.1. The van der Waals surface area contributed by atoms with Crippen LogP contribution in [0.4, 0.5) is 0 Å². The zero-order chi connectivity index (χ0) is 13.8. The normalized spacial score (nSPS) is 32.4. The van der Waals surface area contributed by atoms with Gasteiger partial charge in [0.2, 0.25) is 5.91 Å². The summed E-state index contributed by atoms with van der Waals surface area (Å²) in [6.07, 6.45) is 12.8. The zero-order valence-electron chi connectivity index (χ0n) is 12.1. The third-order valence-corrected chi connectivity index (χ3v) is 4.67. The Morgan fingerprint density at radius 3 is 2.85 bits per heavy atom. The van der Waals surface area contributed by atoms with Gasteiger partial charge in [-0.25, -0.2) is 0 Å². The van der Waals surface area contributed by atoms with Crippen LogP contribution in [0.3, 0.4) is 0 Å². The predicted octanol–water partition coefficient (Wildman–Crippen LogP) is 2.53. The van der Waals surface area contributed by atoms with Crippen molar-refractivity contribution in [3.63, 3.8) is 0 Å². The minimum absolute atomic E-state index is 0.0242. The number of carbonyl (C=O) groups excluding carboxylic acids is 1. The molecule has 0 bridgehead atoms. The first kappa shape index (κ1) is 14.1. The fourth-order valence-electron chi connectivity index (χ4n) is 3.46. The summed E-state index contributed by atoms with van der Waals surface area (Å²) in [5, 5.41) is 3.04. The summed E-state index contributed by atoms with van der Waals surface area (Å²) in [6, 6.07) is 0. The molecule has 0 aromatic heterocycles. The van der Waals surface area contributed by atoms with E-state index in [0.29, 0.717) is 13.2 Å². The van der Waals surface area contributed by atoms with Gasteiger partial charge in [-0.2, -0.15) is 0 Å². The first-order valence-electron chi connectivity index (χ1n) is 8.02. The van der Waals surface area contributed by atoms with E-state index in [1.807, 2.05) is 0 Å². The molecule has 4 nitrogen and oxygen atoms in total. The van der Waals surface area contributed by atoms with Crippen LogP contribution >= 0.6 is 0 Å². The molecule has 0 aromatic carbocycles. The van der Waals surface area contributed by atoms with Gasteiger partial charge in [-0.05, 0) is 32.1 Å². The molecular formula is C16H25NO3. The van der Waals surface area contributed by atoms with Gasteiger partial charge in [-0.15, -0.1) is 0 Å². The molecule has 1 aliphatic heterocycles. The summed E-state index contributed by atoms with van der Waals surface area (Å²) in [6.45, 7) is 1.20. The largest absolute Gasteiger partial charge is 0.353 e. The molecule has 3 rings (SSSR count). The van der Waals surface area contributed by atoms with E-state index in [2.05, 4.69) is 17.5 Å². The molecule has 1 amide bonds. The third-order valence-electron chi connectivity index (χ3n) is 4.67. The van der Waals surface area contributed by atoms with Crippen LogP contribution in [0, 0.1) is 5.92 Å². The molecule has 0 aromatic rings. The molecule has 2 unspecified atom stereocenters. The molecule has 1 heterocycles. The Morgan fingerprint density at radius 1 is 1.25 bits per heavy atom. The predicted molar refractivity (Wildman–Crippen MR) is 76.1 cm³/mol.